The zero-order chi connectivity index (χ0) is 20.3. The molecule has 1 fully saturated rings. The number of aromatic nitrogens is 2. The second-order valence-corrected chi connectivity index (χ2v) is 7.07. The lowest BCUT2D eigenvalue weighted by Gasteiger charge is -2.24. The fraction of sp³-hybridized carbons (Fsp3) is 0.350. The summed E-state index contributed by atoms with van der Waals surface area (Å²) in [6.07, 6.45) is 2.04. The summed E-state index contributed by atoms with van der Waals surface area (Å²) in [4.78, 5) is 34.3. The van der Waals surface area contributed by atoms with Crippen molar-refractivity contribution in [3.8, 4) is 6.07 Å². The summed E-state index contributed by atoms with van der Waals surface area (Å²) in [5.74, 6) is 0.324. The molecule has 1 aromatic heterocycles. The summed E-state index contributed by atoms with van der Waals surface area (Å²) in [6, 6.07) is 11.0. The highest BCUT2D eigenvalue weighted by Gasteiger charge is 2.50. The fourth-order valence-corrected chi connectivity index (χ4v) is 3.29. The van der Waals surface area contributed by atoms with E-state index in [0.29, 0.717) is 36.1 Å². The monoisotopic (exact) mass is 378 g/mol. The SMILES string of the molecule is CC(=O)Nc1cccc(Nc2nccc(N3CC[C@@](C#N)(C(C)C)C3=O)n2)c1. The third-order valence-electron chi connectivity index (χ3n) is 4.90. The summed E-state index contributed by atoms with van der Waals surface area (Å²) in [6.45, 7) is 5.66. The Morgan fingerprint density at radius 3 is 2.71 bits per heavy atom. The van der Waals surface area contributed by atoms with Crippen LogP contribution in [0.3, 0.4) is 0 Å². The van der Waals surface area contributed by atoms with Gasteiger partial charge in [-0.15, -0.1) is 0 Å². The van der Waals surface area contributed by atoms with Crippen LogP contribution in [0.15, 0.2) is 36.5 Å². The van der Waals surface area contributed by atoms with Gasteiger partial charge < -0.3 is 10.6 Å². The zero-order valence-corrected chi connectivity index (χ0v) is 16.1. The van der Waals surface area contributed by atoms with Crippen LogP contribution in [0.25, 0.3) is 0 Å². The number of anilines is 4. The summed E-state index contributed by atoms with van der Waals surface area (Å²) >= 11 is 0. The zero-order valence-electron chi connectivity index (χ0n) is 16.1. The van der Waals surface area contributed by atoms with Crippen LogP contribution in [0.5, 0.6) is 0 Å². The van der Waals surface area contributed by atoms with Crippen molar-refractivity contribution in [3.05, 3.63) is 36.5 Å². The molecule has 1 saturated heterocycles. The van der Waals surface area contributed by atoms with Crippen molar-refractivity contribution in [2.75, 3.05) is 22.1 Å². The number of nitriles is 1. The molecule has 0 saturated carbocycles. The van der Waals surface area contributed by atoms with Crippen molar-refractivity contribution in [2.45, 2.75) is 27.2 Å². The van der Waals surface area contributed by atoms with Gasteiger partial charge in [0.15, 0.2) is 0 Å². The van der Waals surface area contributed by atoms with Gasteiger partial charge in [0.1, 0.15) is 11.2 Å². The molecule has 0 bridgehead atoms. The predicted octanol–water partition coefficient (Wildman–Crippen LogP) is 3.08. The van der Waals surface area contributed by atoms with E-state index in [0.717, 1.165) is 0 Å². The molecule has 1 atom stereocenters. The van der Waals surface area contributed by atoms with Gasteiger partial charge in [-0.05, 0) is 36.6 Å². The van der Waals surface area contributed by atoms with Crippen LogP contribution in [0.4, 0.5) is 23.1 Å². The molecule has 8 nitrogen and oxygen atoms in total. The number of benzene rings is 1. The van der Waals surface area contributed by atoms with E-state index in [2.05, 4.69) is 26.7 Å². The van der Waals surface area contributed by atoms with Crippen LogP contribution in [0.2, 0.25) is 0 Å². The Kier molecular flexibility index (Phi) is 5.27. The van der Waals surface area contributed by atoms with Gasteiger partial charge >= 0.3 is 0 Å². The predicted molar refractivity (Wildman–Crippen MR) is 106 cm³/mol. The summed E-state index contributed by atoms with van der Waals surface area (Å²) in [5, 5.41) is 15.4. The van der Waals surface area contributed by atoms with Crippen LogP contribution in [0, 0.1) is 22.7 Å². The van der Waals surface area contributed by atoms with Gasteiger partial charge in [0, 0.05) is 31.0 Å². The molecule has 2 aromatic rings. The Hall–Kier alpha value is -3.47. The molecule has 1 aliphatic rings. The first-order chi connectivity index (χ1) is 13.4. The smallest absolute Gasteiger partial charge is 0.248 e. The highest BCUT2D eigenvalue weighted by atomic mass is 16.2. The van der Waals surface area contributed by atoms with E-state index in [1.807, 2.05) is 19.9 Å². The minimum atomic E-state index is -1.01. The number of amides is 2. The maximum Gasteiger partial charge on any atom is 0.248 e. The molecule has 0 radical (unpaired) electrons. The number of nitrogens with one attached hydrogen (secondary N) is 2. The third-order valence-corrected chi connectivity index (χ3v) is 4.90. The first-order valence-electron chi connectivity index (χ1n) is 9.06. The summed E-state index contributed by atoms with van der Waals surface area (Å²) in [5.41, 5.74) is 0.342. The Morgan fingerprint density at radius 1 is 1.32 bits per heavy atom. The molecule has 28 heavy (non-hydrogen) atoms. The van der Waals surface area contributed by atoms with Crippen molar-refractivity contribution >= 4 is 35.0 Å². The maximum atomic E-state index is 12.9. The topological polar surface area (TPSA) is 111 Å². The normalized spacial score (nSPS) is 18.8. The highest BCUT2D eigenvalue weighted by molar-refractivity contribution is 6.01. The first kappa shape index (κ1) is 19.3. The van der Waals surface area contributed by atoms with E-state index in [-0.39, 0.29) is 17.7 Å². The number of hydrogen-bond acceptors (Lipinski definition) is 6. The quantitative estimate of drug-likeness (QED) is 0.827. The molecule has 2 heterocycles. The van der Waals surface area contributed by atoms with Gasteiger partial charge in [-0.3, -0.25) is 14.5 Å². The van der Waals surface area contributed by atoms with Gasteiger partial charge in [-0.25, -0.2) is 4.98 Å². The molecule has 144 valence electrons. The molecular weight excluding hydrogens is 356 g/mol. The van der Waals surface area contributed by atoms with Crippen molar-refractivity contribution in [1.29, 1.82) is 5.26 Å². The van der Waals surface area contributed by atoms with Crippen molar-refractivity contribution < 1.29 is 9.59 Å². The van der Waals surface area contributed by atoms with Gasteiger partial charge in [0.05, 0.1) is 6.07 Å². The second-order valence-electron chi connectivity index (χ2n) is 7.07. The van der Waals surface area contributed by atoms with Gasteiger partial charge in [-0.2, -0.15) is 10.2 Å². The summed E-state index contributed by atoms with van der Waals surface area (Å²) in [7, 11) is 0. The van der Waals surface area contributed by atoms with Gasteiger partial charge in [0.2, 0.25) is 17.8 Å². The average Bonchev–Trinajstić information content (AvgIpc) is 2.99. The van der Waals surface area contributed by atoms with E-state index in [1.165, 1.54) is 6.92 Å². The second kappa shape index (κ2) is 7.64. The molecule has 2 amide bonds. The largest absolute Gasteiger partial charge is 0.326 e. The van der Waals surface area contributed by atoms with E-state index in [1.54, 1.807) is 35.4 Å². The van der Waals surface area contributed by atoms with E-state index in [4.69, 9.17) is 0 Å². The lowest BCUT2D eigenvalue weighted by molar-refractivity contribution is -0.124. The van der Waals surface area contributed by atoms with Crippen LogP contribution in [-0.4, -0.2) is 28.3 Å². The minimum Gasteiger partial charge on any atom is -0.326 e. The first-order valence-corrected chi connectivity index (χ1v) is 9.06. The van der Waals surface area contributed by atoms with E-state index in [9.17, 15) is 14.9 Å². The number of hydrogen-bond donors (Lipinski definition) is 2. The average molecular weight is 378 g/mol. The van der Waals surface area contributed by atoms with Crippen LogP contribution in [-0.2, 0) is 9.59 Å². The highest BCUT2D eigenvalue weighted by Crippen LogP contribution is 2.40. The van der Waals surface area contributed by atoms with Crippen LogP contribution < -0.4 is 15.5 Å². The Balaban J connectivity index is 1.81. The molecule has 2 N–H and O–H groups in total. The van der Waals surface area contributed by atoms with Crippen LogP contribution in [0.1, 0.15) is 27.2 Å². The number of carbonyl (C=O) groups is 2. The van der Waals surface area contributed by atoms with Crippen molar-refractivity contribution in [2.24, 2.45) is 11.3 Å². The molecule has 0 unspecified atom stereocenters. The third kappa shape index (κ3) is 3.64. The Bertz CT molecular complexity index is 952. The van der Waals surface area contributed by atoms with Gasteiger partial charge in [0.25, 0.3) is 0 Å². The molecule has 8 heteroatoms. The minimum absolute atomic E-state index is 0.0778. The standard InChI is InChI=1S/C20H22N6O2/c1-13(2)20(12-21)8-10-26(18(20)28)17-7-9-22-19(25-17)24-16-6-4-5-15(11-16)23-14(3)27/h4-7,9,11,13H,8,10H2,1-3H3,(H,23,27)(H,22,24,25)/t20-/m1/s1. The molecule has 0 aliphatic carbocycles. The molecule has 3 rings (SSSR count). The van der Waals surface area contributed by atoms with Gasteiger partial charge in [-0.1, -0.05) is 19.9 Å². The van der Waals surface area contributed by atoms with Crippen LogP contribution >= 0.6 is 0 Å². The Labute approximate surface area is 163 Å². The number of rotatable bonds is 5. The van der Waals surface area contributed by atoms with E-state index < -0.39 is 5.41 Å². The summed E-state index contributed by atoms with van der Waals surface area (Å²) < 4.78 is 0. The lowest BCUT2D eigenvalue weighted by Crippen LogP contribution is -2.37. The van der Waals surface area contributed by atoms with E-state index >= 15 is 0 Å². The number of carbonyl (C=O) groups excluding carboxylic acids is 2. The number of nitrogens with zero attached hydrogens (tertiary/aromatic N) is 4. The lowest BCUT2D eigenvalue weighted by atomic mass is 9.77. The Morgan fingerprint density at radius 2 is 2.07 bits per heavy atom. The molecule has 1 aromatic carbocycles. The fourth-order valence-electron chi connectivity index (χ4n) is 3.29. The van der Waals surface area contributed by atoms with Crippen molar-refractivity contribution in [1.82, 2.24) is 9.97 Å². The molecule has 1 aliphatic heterocycles. The van der Waals surface area contributed by atoms with Crippen molar-refractivity contribution in [3.63, 3.8) is 0 Å². The molecular formula is C20H22N6O2. The molecule has 0 spiro atoms. The maximum absolute atomic E-state index is 12.9.